The van der Waals surface area contributed by atoms with Crippen molar-refractivity contribution in [3.05, 3.63) is 12.0 Å². The summed E-state index contributed by atoms with van der Waals surface area (Å²) in [6, 6.07) is 0. The van der Waals surface area contributed by atoms with Crippen molar-refractivity contribution < 1.29 is 4.79 Å². The lowest BCUT2D eigenvalue weighted by Gasteiger charge is -1.95. The largest absolute Gasteiger partial charge is 0.382 e. The molecule has 1 amide bonds. The van der Waals surface area contributed by atoms with Gasteiger partial charge in [-0.25, -0.2) is 4.98 Å². The van der Waals surface area contributed by atoms with Crippen molar-refractivity contribution in [3.63, 3.8) is 0 Å². The van der Waals surface area contributed by atoms with E-state index in [0.29, 0.717) is 0 Å². The van der Waals surface area contributed by atoms with E-state index < -0.39 is 5.91 Å². The molecular formula is C5H8N4O. The van der Waals surface area contributed by atoms with Crippen LogP contribution in [0, 0.1) is 0 Å². The van der Waals surface area contributed by atoms with Gasteiger partial charge in [-0.2, -0.15) is 0 Å². The monoisotopic (exact) mass is 140 g/mol. The summed E-state index contributed by atoms with van der Waals surface area (Å²) < 4.78 is 1.48. The first-order valence-electron chi connectivity index (χ1n) is 2.69. The van der Waals surface area contributed by atoms with Crippen LogP contribution in [0.2, 0.25) is 0 Å². The number of anilines is 1. The number of hydrogen-bond acceptors (Lipinski definition) is 3. The molecule has 1 rings (SSSR count). The molecule has 1 heterocycles. The molecule has 0 fully saturated rings. The number of nitrogens with two attached hydrogens (primary N) is 2. The third kappa shape index (κ3) is 0.812. The zero-order chi connectivity index (χ0) is 7.72. The number of rotatable bonds is 1. The Morgan fingerprint density at radius 3 is 2.60 bits per heavy atom. The maximum Gasteiger partial charge on any atom is 0.269 e. The van der Waals surface area contributed by atoms with Gasteiger partial charge in [-0.3, -0.25) is 4.79 Å². The quantitative estimate of drug-likeness (QED) is 0.530. The molecule has 1 aromatic rings. The zero-order valence-corrected chi connectivity index (χ0v) is 5.53. The summed E-state index contributed by atoms with van der Waals surface area (Å²) in [6.45, 7) is 0. The van der Waals surface area contributed by atoms with Crippen LogP contribution in [0.15, 0.2) is 6.33 Å². The molecule has 0 aliphatic rings. The molecule has 10 heavy (non-hydrogen) atoms. The SMILES string of the molecule is Cn1cnc(N)c1C(N)=O. The van der Waals surface area contributed by atoms with Crippen molar-refractivity contribution in [2.45, 2.75) is 0 Å². The van der Waals surface area contributed by atoms with Gasteiger partial charge in [-0.1, -0.05) is 0 Å². The molecule has 0 saturated carbocycles. The molecule has 5 heteroatoms. The van der Waals surface area contributed by atoms with E-state index in [4.69, 9.17) is 11.5 Å². The minimum Gasteiger partial charge on any atom is -0.382 e. The van der Waals surface area contributed by atoms with Crippen LogP contribution in [0.3, 0.4) is 0 Å². The topological polar surface area (TPSA) is 86.9 Å². The van der Waals surface area contributed by atoms with Crippen LogP contribution in [0.5, 0.6) is 0 Å². The zero-order valence-electron chi connectivity index (χ0n) is 5.53. The number of nitrogens with zero attached hydrogens (tertiary/aromatic N) is 2. The Labute approximate surface area is 57.6 Å². The van der Waals surface area contributed by atoms with E-state index in [0.717, 1.165) is 0 Å². The molecule has 0 saturated heterocycles. The number of aryl methyl sites for hydroxylation is 1. The highest BCUT2D eigenvalue weighted by Crippen LogP contribution is 2.05. The number of nitrogen functional groups attached to an aromatic ring is 1. The van der Waals surface area contributed by atoms with Gasteiger partial charge in [-0.15, -0.1) is 0 Å². The summed E-state index contributed by atoms with van der Waals surface area (Å²) in [5.74, 6) is -0.382. The number of carbonyl (C=O) groups is 1. The van der Waals surface area contributed by atoms with Gasteiger partial charge >= 0.3 is 0 Å². The van der Waals surface area contributed by atoms with Crippen LogP contribution in [0.1, 0.15) is 10.5 Å². The smallest absolute Gasteiger partial charge is 0.269 e. The van der Waals surface area contributed by atoms with Gasteiger partial charge in [0.1, 0.15) is 5.69 Å². The van der Waals surface area contributed by atoms with Crippen LogP contribution in [0.4, 0.5) is 5.82 Å². The lowest BCUT2D eigenvalue weighted by molar-refractivity contribution is 0.0993. The number of primary amides is 1. The molecule has 5 nitrogen and oxygen atoms in total. The Bertz CT molecular complexity index is 245. The standard InChI is InChI=1S/C5H8N4O/c1-9-2-8-4(6)3(9)5(7)10/h2H,6H2,1H3,(H2,7,10). The molecule has 0 aromatic carbocycles. The summed E-state index contributed by atoms with van der Waals surface area (Å²) in [7, 11) is 1.66. The molecule has 0 bridgehead atoms. The fraction of sp³-hybridized carbons (Fsp3) is 0.200. The van der Waals surface area contributed by atoms with Gasteiger partial charge in [0.05, 0.1) is 6.33 Å². The van der Waals surface area contributed by atoms with Gasteiger partial charge in [0.2, 0.25) is 0 Å². The van der Waals surface area contributed by atoms with Crippen molar-refractivity contribution in [2.24, 2.45) is 12.8 Å². The summed E-state index contributed by atoms with van der Waals surface area (Å²) in [4.78, 5) is 14.3. The van der Waals surface area contributed by atoms with Crippen molar-refractivity contribution in [1.82, 2.24) is 9.55 Å². The highest BCUT2D eigenvalue weighted by molar-refractivity contribution is 5.95. The Morgan fingerprint density at radius 1 is 1.80 bits per heavy atom. The number of amides is 1. The molecule has 0 radical (unpaired) electrons. The van der Waals surface area contributed by atoms with Gasteiger partial charge < -0.3 is 16.0 Å². The minimum atomic E-state index is -0.558. The van der Waals surface area contributed by atoms with Gasteiger partial charge in [0.15, 0.2) is 5.82 Å². The number of hydrogen-bond donors (Lipinski definition) is 2. The van der Waals surface area contributed by atoms with E-state index >= 15 is 0 Å². The third-order valence-corrected chi connectivity index (χ3v) is 1.20. The average molecular weight is 140 g/mol. The lowest BCUT2D eigenvalue weighted by atomic mass is 10.4. The molecule has 0 atom stereocenters. The van der Waals surface area contributed by atoms with Crippen LogP contribution in [-0.4, -0.2) is 15.5 Å². The Kier molecular flexibility index (Phi) is 1.33. The normalized spacial score (nSPS) is 9.70. The second-order valence-corrected chi connectivity index (χ2v) is 1.95. The molecule has 0 aliphatic carbocycles. The molecule has 4 N–H and O–H groups in total. The van der Waals surface area contributed by atoms with Crippen molar-refractivity contribution in [1.29, 1.82) is 0 Å². The number of carbonyl (C=O) groups excluding carboxylic acids is 1. The first kappa shape index (κ1) is 6.60. The van der Waals surface area contributed by atoms with Crippen molar-refractivity contribution in [3.8, 4) is 0 Å². The van der Waals surface area contributed by atoms with Crippen LogP contribution in [0.25, 0.3) is 0 Å². The Morgan fingerprint density at radius 2 is 2.40 bits per heavy atom. The first-order valence-corrected chi connectivity index (χ1v) is 2.69. The second kappa shape index (κ2) is 2.02. The highest BCUT2D eigenvalue weighted by atomic mass is 16.1. The summed E-state index contributed by atoms with van der Waals surface area (Å²) in [6.07, 6.45) is 1.44. The summed E-state index contributed by atoms with van der Waals surface area (Å²) >= 11 is 0. The number of aromatic nitrogens is 2. The van der Waals surface area contributed by atoms with E-state index in [2.05, 4.69) is 4.98 Å². The van der Waals surface area contributed by atoms with Crippen molar-refractivity contribution >= 4 is 11.7 Å². The molecular weight excluding hydrogens is 132 g/mol. The predicted molar refractivity (Wildman–Crippen MR) is 36.1 cm³/mol. The Hall–Kier alpha value is -1.52. The van der Waals surface area contributed by atoms with Crippen LogP contribution in [-0.2, 0) is 7.05 Å². The van der Waals surface area contributed by atoms with Crippen molar-refractivity contribution in [2.75, 3.05) is 5.73 Å². The minimum absolute atomic E-state index is 0.176. The maximum atomic E-state index is 10.6. The molecule has 0 aliphatic heterocycles. The van der Waals surface area contributed by atoms with Gasteiger partial charge in [-0.05, 0) is 0 Å². The van der Waals surface area contributed by atoms with Crippen LogP contribution < -0.4 is 11.5 Å². The maximum absolute atomic E-state index is 10.6. The van der Waals surface area contributed by atoms with E-state index in [9.17, 15) is 4.79 Å². The van der Waals surface area contributed by atoms with Gasteiger partial charge in [0.25, 0.3) is 5.91 Å². The first-order chi connectivity index (χ1) is 4.63. The van der Waals surface area contributed by atoms with E-state index in [1.165, 1.54) is 10.9 Å². The second-order valence-electron chi connectivity index (χ2n) is 1.95. The molecule has 54 valence electrons. The summed E-state index contributed by atoms with van der Waals surface area (Å²) in [5.41, 5.74) is 10.5. The summed E-state index contributed by atoms with van der Waals surface area (Å²) in [5, 5.41) is 0. The fourth-order valence-electron chi connectivity index (χ4n) is 0.748. The predicted octanol–water partition coefficient (Wildman–Crippen LogP) is -0.899. The highest BCUT2D eigenvalue weighted by Gasteiger charge is 2.09. The van der Waals surface area contributed by atoms with E-state index in [1.807, 2.05) is 0 Å². The molecule has 1 aromatic heterocycles. The van der Waals surface area contributed by atoms with E-state index in [-0.39, 0.29) is 11.5 Å². The third-order valence-electron chi connectivity index (χ3n) is 1.20. The molecule has 0 unspecified atom stereocenters. The van der Waals surface area contributed by atoms with Crippen LogP contribution >= 0.6 is 0 Å². The number of imidazole rings is 1. The average Bonchev–Trinajstić information content (AvgIpc) is 2.11. The Balaban J connectivity index is 3.23. The fourth-order valence-corrected chi connectivity index (χ4v) is 0.748. The lowest BCUT2D eigenvalue weighted by Crippen LogP contribution is -2.16. The van der Waals surface area contributed by atoms with Gasteiger partial charge in [0, 0.05) is 7.05 Å². The molecule has 0 spiro atoms. The van der Waals surface area contributed by atoms with E-state index in [1.54, 1.807) is 7.05 Å².